The first-order chi connectivity index (χ1) is 9.76. The van der Waals surface area contributed by atoms with E-state index in [0.717, 1.165) is 32.0 Å². The van der Waals surface area contributed by atoms with Gasteiger partial charge in [0.05, 0.1) is 10.5 Å². The number of aromatic nitrogens is 1. The smallest absolute Gasteiger partial charge is 0.290 e. The van der Waals surface area contributed by atoms with E-state index in [2.05, 4.69) is 14.8 Å². The maximum absolute atomic E-state index is 10.8. The van der Waals surface area contributed by atoms with Crippen LogP contribution in [0.3, 0.4) is 0 Å². The molecule has 1 aliphatic rings. The summed E-state index contributed by atoms with van der Waals surface area (Å²) in [5, 5.41) is 20.6. The van der Waals surface area contributed by atoms with Crippen LogP contribution in [0.4, 0.5) is 11.5 Å². The number of hydrogen-bond donors (Lipinski definition) is 1. The number of aliphatic hydroxyl groups is 1. The number of piperazine rings is 1. The summed E-state index contributed by atoms with van der Waals surface area (Å²) in [6.07, 6.45) is 1.33. The van der Waals surface area contributed by atoms with E-state index >= 15 is 0 Å². The number of rotatable bonds is 4. The van der Waals surface area contributed by atoms with Crippen LogP contribution >= 0.6 is 0 Å². The van der Waals surface area contributed by atoms with E-state index in [1.807, 2.05) is 0 Å². The minimum atomic E-state index is -0.690. The molecule has 0 radical (unpaired) electrons. The molecule has 1 aliphatic heterocycles. The summed E-state index contributed by atoms with van der Waals surface area (Å²) in [6.45, 7) is 9.30. The van der Waals surface area contributed by atoms with E-state index in [1.165, 1.54) is 6.20 Å². The van der Waals surface area contributed by atoms with Gasteiger partial charge in [-0.05, 0) is 26.8 Å². The van der Waals surface area contributed by atoms with Crippen molar-refractivity contribution >= 4 is 11.5 Å². The van der Waals surface area contributed by atoms with Crippen LogP contribution in [0, 0.1) is 17.0 Å². The molecule has 0 amide bonds. The summed E-state index contributed by atoms with van der Waals surface area (Å²) in [7, 11) is 0. The molecule has 0 saturated carbocycles. The van der Waals surface area contributed by atoms with Crippen molar-refractivity contribution in [1.29, 1.82) is 0 Å². The Morgan fingerprint density at radius 3 is 2.48 bits per heavy atom. The minimum Gasteiger partial charge on any atom is -0.389 e. The molecular weight excluding hydrogens is 272 g/mol. The van der Waals surface area contributed by atoms with Gasteiger partial charge in [-0.2, -0.15) is 0 Å². The molecule has 116 valence electrons. The van der Waals surface area contributed by atoms with Gasteiger partial charge in [0.25, 0.3) is 5.69 Å². The van der Waals surface area contributed by atoms with Gasteiger partial charge < -0.3 is 10.0 Å². The molecule has 0 aromatic carbocycles. The lowest BCUT2D eigenvalue weighted by molar-refractivity contribution is -0.385. The number of hydrogen-bond acceptors (Lipinski definition) is 6. The van der Waals surface area contributed by atoms with Gasteiger partial charge >= 0.3 is 0 Å². The normalized spacial score (nSPS) is 17.0. The van der Waals surface area contributed by atoms with Gasteiger partial charge in [0.1, 0.15) is 12.0 Å². The SMILES string of the molecule is Cc1cc(N2CCN(CC(C)(C)O)CC2)ncc1[N+](=O)[O-]. The number of nitrogens with zero attached hydrogens (tertiary/aromatic N) is 4. The second-order valence-electron chi connectivity index (χ2n) is 6.16. The second-order valence-corrected chi connectivity index (χ2v) is 6.16. The van der Waals surface area contributed by atoms with Crippen LogP contribution in [0.1, 0.15) is 19.4 Å². The Morgan fingerprint density at radius 1 is 1.38 bits per heavy atom. The Hall–Kier alpha value is -1.73. The van der Waals surface area contributed by atoms with Crippen LogP contribution < -0.4 is 4.90 Å². The standard InChI is InChI=1S/C14H22N4O3/c1-11-8-13(15-9-12(11)18(20)21)17-6-4-16(5-7-17)10-14(2,3)19/h8-9,19H,4-7,10H2,1-3H3. The quantitative estimate of drug-likeness (QED) is 0.663. The van der Waals surface area contributed by atoms with Crippen molar-refractivity contribution < 1.29 is 10.0 Å². The number of β-amino-alcohol motifs (C(OH)–C–C–N with tert-alkyl or cyclic N) is 1. The van der Waals surface area contributed by atoms with E-state index in [9.17, 15) is 15.2 Å². The molecule has 2 rings (SSSR count). The molecule has 0 spiro atoms. The molecule has 0 bridgehead atoms. The highest BCUT2D eigenvalue weighted by molar-refractivity contribution is 5.48. The predicted molar refractivity (Wildman–Crippen MR) is 80.6 cm³/mol. The van der Waals surface area contributed by atoms with Crippen molar-refractivity contribution in [3.8, 4) is 0 Å². The van der Waals surface area contributed by atoms with Crippen molar-refractivity contribution in [2.24, 2.45) is 0 Å². The van der Waals surface area contributed by atoms with Crippen LogP contribution in [-0.2, 0) is 0 Å². The molecule has 1 saturated heterocycles. The molecule has 1 fully saturated rings. The molecule has 7 nitrogen and oxygen atoms in total. The molecule has 1 aromatic heterocycles. The van der Waals surface area contributed by atoms with E-state index in [0.29, 0.717) is 12.1 Å². The molecule has 0 aliphatic carbocycles. The summed E-state index contributed by atoms with van der Waals surface area (Å²) in [5.74, 6) is 0.779. The fourth-order valence-electron chi connectivity index (χ4n) is 2.58. The molecule has 7 heteroatoms. The third-order valence-corrected chi connectivity index (χ3v) is 3.57. The van der Waals surface area contributed by atoms with E-state index in [4.69, 9.17) is 0 Å². The largest absolute Gasteiger partial charge is 0.389 e. The first kappa shape index (κ1) is 15.7. The van der Waals surface area contributed by atoms with Crippen molar-refractivity contribution in [3.63, 3.8) is 0 Å². The molecule has 0 atom stereocenters. The lowest BCUT2D eigenvalue weighted by Crippen LogP contribution is -2.50. The van der Waals surface area contributed by atoms with Crippen LogP contribution in [0.25, 0.3) is 0 Å². The maximum Gasteiger partial charge on any atom is 0.290 e. The highest BCUT2D eigenvalue weighted by Crippen LogP contribution is 2.22. The summed E-state index contributed by atoms with van der Waals surface area (Å²) < 4.78 is 0. The van der Waals surface area contributed by atoms with Crippen molar-refractivity contribution in [2.45, 2.75) is 26.4 Å². The zero-order valence-corrected chi connectivity index (χ0v) is 12.7. The van der Waals surface area contributed by atoms with Gasteiger partial charge in [0.2, 0.25) is 0 Å². The number of nitro groups is 1. The average molecular weight is 294 g/mol. The molecule has 1 N–H and O–H groups in total. The summed E-state index contributed by atoms with van der Waals surface area (Å²) in [4.78, 5) is 18.9. The lowest BCUT2D eigenvalue weighted by Gasteiger charge is -2.37. The zero-order chi connectivity index (χ0) is 15.6. The van der Waals surface area contributed by atoms with E-state index in [-0.39, 0.29) is 5.69 Å². The van der Waals surface area contributed by atoms with Gasteiger partial charge in [-0.15, -0.1) is 0 Å². The minimum absolute atomic E-state index is 0.0550. The Morgan fingerprint density at radius 2 is 2.00 bits per heavy atom. The first-order valence-corrected chi connectivity index (χ1v) is 7.07. The van der Waals surface area contributed by atoms with Crippen LogP contribution in [0.2, 0.25) is 0 Å². The molecule has 21 heavy (non-hydrogen) atoms. The number of anilines is 1. The number of aryl methyl sites for hydroxylation is 1. The summed E-state index contributed by atoms with van der Waals surface area (Å²) in [6, 6.07) is 1.77. The number of pyridine rings is 1. The van der Waals surface area contributed by atoms with Crippen LogP contribution in [0.15, 0.2) is 12.3 Å². The molecule has 1 aromatic rings. The third kappa shape index (κ3) is 4.12. The van der Waals surface area contributed by atoms with Gasteiger partial charge in [-0.25, -0.2) is 4.98 Å². The third-order valence-electron chi connectivity index (χ3n) is 3.57. The van der Waals surface area contributed by atoms with Crippen molar-refractivity contribution in [1.82, 2.24) is 9.88 Å². The highest BCUT2D eigenvalue weighted by Gasteiger charge is 2.24. The van der Waals surface area contributed by atoms with Gasteiger partial charge in [0, 0.05) is 38.3 Å². The topological polar surface area (TPSA) is 82.7 Å². The summed E-state index contributed by atoms with van der Waals surface area (Å²) in [5.41, 5.74) is -0.00647. The Balaban J connectivity index is 1.99. The van der Waals surface area contributed by atoms with Crippen LogP contribution in [-0.4, -0.2) is 58.2 Å². The van der Waals surface area contributed by atoms with Crippen molar-refractivity contribution in [2.75, 3.05) is 37.6 Å². The Kier molecular flexibility index (Phi) is 4.43. The van der Waals surface area contributed by atoms with Crippen LogP contribution in [0.5, 0.6) is 0 Å². The van der Waals surface area contributed by atoms with Gasteiger partial charge in [-0.3, -0.25) is 15.0 Å². The molecule has 2 heterocycles. The monoisotopic (exact) mass is 294 g/mol. The van der Waals surface area contributed by atoms with Gasteiger partial charge in [-0.1, -0.05) is 0 Å². The predicted octanol–water partition coefficient (Wildman–Crippen LogP) is 1.19. The Bertz CT molecular complexity index is 519. The fourth-order valence-corrected chi connectivity index (χ4v) is 2.58. The lowest BCUT2D eigenvalue weighted by atomic mass is 10.1. The highest BCUT2D eigenvalue weighted by atomic mass is 16.6. The second kappa shape index (κ2) is 5.95. The Labute approximate surface area is 124 Å². The zero-order valence-electron chi connectivity index (χ0n) is 12.7. The molecule has 0 unspecified atom stereocenters. The van der Waals surface area contributed by atoms with Crippen molar-refractivity contribution in [3.05, 3.63) is 27.9 Å². The maximum atomic E-state index is 10.8. The molecular formula is C14H22N4O3. The van der Waals surface area contributed by atoms with E-state index < -0.39 is 10.5 Å². The average Bonchev–Trinajstić information content (AvgIpc) is 2.37. The fraction of sp³-hybridized carbons (Fsp3) is 0.643. The van der Waals surface area contributed by atoms with E-state index in [1.54, 1.807) is 26.8 Å². The summed E-state index contributed by atoms with van der Waals surface area (Å²) >= 11 is 0. The first-order valence-electron chi connectivity index (χ1n) is 7.07. The van der Waals surface area contributed by atoms with Gasteiger partial charge in [0.15, 0.2) is 0 Å².